The zero-order chi connectivity index (χ0) is 27.6. The van der Waals surface area contributed by atoms with Gasteiger partial charge in [-0.25, -0.2) is 0 Å². The molecule has 0 atom stereocenters. The van der Waals surface area contributed by atoms with Gasteiger partial charge in [0.05, 0.1) is 4.91 Å². The van der Waals surface area contributed by atoms with E-state index < -0.39 is 5.91 Å². The van der Waals surface area contributed by atoms with Gasteiger partial charge in [0.25, 0.3) is 11.8 Å². The van der Waals surface area contributed by atoms with Crippen LogP contribution in [0.25, 0.3) is 6.08 Å². The molecular weight excluding hydrogens is 530 g/mol. The number of nitrogens with one attached hydrogen (secondary N) is 2. The number of carbonyl (C=O) groups is 3. The van der Waals surface area contributed by atoms with Crippen molar-refractivity contribution >= 4 is 52.1 Å². The first-order valence-corrected chi connectivity index (χ1v) is 13.9. The number of thioether (sulfide) groups is 1. The molecule has 1 heterocycles. The van der Waals surface area contributed by atoms with Crippen LogP contribution in [0.4, 0.5) is 0 Å². The van der Waals surface area contributed by atoms with Gasteiger partial charge in [-0.3, -0.25) is 30.1 Å². The maximum Gasteiger partial charge on any atom is 0.269 e. The molecule has 3 amide bonds. The van der Waals surface area contributed by atoms with Gasteiger partial charge in [0.1, 0.15) is 16.7 Å². The summed E-state index contributed by atoms with van der Waals surface area (Å²) in [7, 11) is 0. The summed E-state index contributed by atoms with van der Waals surface area (Å²) in [5.41, 5.74) is 8.44. The van der Waals surface area contributed by atoms with Crippen molar-refractivity contribution in [1.82, 2.24) is 15.8 Å². The van der Waals surface area contributed by atoms with Crippen molar-refractivity contribution in [2.24, 2.45) is 0 Å². The quantitative estimate of drug-likeness (QED) is 0.200. The lowest BCUT2D eigenvalue weighted by atomic mass is 10.1. The second-order valence-corrected chi connectivity index (χ2v) is 10.5. The summed E-state index contributed by atoms with van der Waals surface area (Å²) in [4.78, 5) is 39.5. The number of amides is 3. The minimum absolute atomic E-state index is 0.126. The lowest BCUT2D eigenvalue weighted by Gasteiger charge is -2.14. The van der Waals surface area contributed by atoms with E-state index in [2.05, 4.69) is 17.8 Å². The third-order valence-electron chi connectivity index (χ3n) is 6.03. The lowest BCUT2D eigenvalue weighted by Crippen LogP contribution is -2.41. The first kappa shape index (κ1) is 28.1. The van der Waals surface area contributed by atoms with Crippen LogP contribution in [0.15, 0.2) is 83.8 Å². The van der Waals surface area contributed by atoms with E-state index in [1.807, 2.05) is 60.7 Å². The minimum Gasteiger partial charge on any atom is -0.489 e. The molecule has 1 aliphatic rings. The zero-order valence-corrected chi connectivity index (χ0v) is 23.1. The fourth-order valence-corrected chi connectivity index (χ4v) is 5.10. The lowest BCUT2D eigenvalue weighted by molar-refractivity contribution is -0.124. The fraction of sp³-hybridized carbons (Fsp3) is 0.200. The van der Waals surface area contributed by atoms with Crippen molar-refractivity contribution in [2.75, 3.05) is 6.54 Å². The highest BCUT2D eigenvalue weighted by Gasteiger charge is 2.31. The van der Waals surface area contributed by atoms with Gasteiger partial charge in [-0.2, -0.15) is 0 Å². The molecule has 0 spiro atoms. The molecule has 0 aromatic heterocycles. The van der Waals surface area contributed by atoms with E-state index in [0.717, 1.165) is 17.5 Å². The summed E-state index contributed by atoms with van der Waals surface area (Å²) in [6, 6.07) is 24.5. The van der Waals surface area contributed by atoms with Crippen LogP contribution in [0.1, 0.15) is 46.8 Å². The topological polar surface area (TPSA) is 87.7 Å². The molecule has 4 rings (SSSR count). The summed E-state index contributed by atoms with van der Waals surface area (Å²) >= 11 is 6.64. The largest absolute Gasteiger partial charge is 0.489 e. The van der Waals surface area contributed by atoms with Gasteiger partial charge in [0, 0.05) is 18.5 Å². The van der Waals surface area contributed by atoms with Crippen LogP contribution < -0.4 is 15.6 Å². The van der Waals surface area contributed by atoms with Crippen molar-refractivity contribution in [3.05, 3.63) is 106 Å². The van der Waals surface area contributed by atoms with Gasteiger partial charge in [-0.1, -0.05) is 85.5 Å². The van der Waals surface area contributed by atoms with E-state index in [4.69, 9.17) is 17.0 Å². The van der Waals surface area contributed by atoms with E-state index >= 15 is 0 Å². The molecular formula is C30H29N3O4S2. The Balaban J connectivity index is 1.18. The van der Waals surface area contributed by atoms with Gasteiger partial charge in [0.15, 0.2) is 0 Å². The second-order valence-electron chi connectivity index (χ2n) is 8.83. The second kappa shape index (κ2) is 13.7. The highest BCUT2D eigenvalue weighted by Crippen LogP contribution is 2.32. The maximum atomic E-state index is 12.8. The van der Waals surface area contributed by atoms with Crippen molar-refractivity contribution in [2.45, 2.75) is 32.8 Å². The highest BCUT2D eigenvalue weighted by atomic mass is 32.2. The van der Waals surface area contributed by atoms with Crippen LogP contribution in [-0.2, 0) is 22.6 Å². The molecule has 3 aromatic carbocycles. The van der Waals surface area contributed by atoms with Gasteiger partial charge in [-0.05, 0) is 59.9 Å². The van der Waals surface area contributed by atoms with E-state index in [-0.39, 0.29) is 18.2 Å². The molecule has 0 aliphatic carbocycles. The van der Waals surface area contributed by atoms with Crippen molar-refractivity contribution in [3.8, 4) is 5.75 Å². The fourth-order valence-electron chi connectivity index (χ4n) is 3.80. The average Bonchev–Trinajstić information content (AvgIpc) is 3.23. The summed E-state index contributed by atoms with van der Waals surface area (Å²) in [6.07, 6.45) is 3.32. The third-order valence-corrected chi connectivity index (χ3v) is 7.40. The van der Waals surface area contributed by atoms with Crippen molar-refractivity contribution in [1.29, 1.82) is 0 Å². The molecule has 7 nitrogen and oxygen atoms in total. The molecule has 200 valence electrons. The first-order chi connectivity index (χ1) is 18.9. The van der Waals surface area contributed by atoms with Gasteiger partial charge in [-0.15, -0.1) is 0 Å². The summed E-state index contributed by atoms with van der Waals surface area (Å²) in [5, 5.41) is 0. The van der Waals surface area contributed by atoms with Crippen molar-refractivity contribution < 1.29 is 19.1 Å². The predicted molar refractivity (Wildman–Crippen MR) is 158 cm³/mol. The number of thiocarbonyl (C=S) groups is 1. The molecule has 0 unspecified atom stereocenters. The van der Waals surface area contributed by atoms with E-state index in [0.29, 0.717) is 40.1 Å². The van der Waals surface area contributed by atoms with Crippen LogP contribution >= 0.6 is 24.0 Å². The number of hydrazine groups is 1. The minimum atomic E-state index is -0.438. The van der Waals surface area contributed by atoms with E-state index in [1.54, 1.807) is 24.3 Å². The first-order valence-electron chi connectivity index (χ1n) is 12.6. The molecule has 0 bridgehead atoms. The van der Waals surface area contributed by atoms with Crippen LogP contribution in [0.5, 0.6) is 5.75 Å². The standard InChI is InChI=1S/C30H29N3O4S2/c1-2-21-10-12-22(13-11-21)19-26-29(36)33(30(38)39-26)18-6-9-27(34)31-32-28(35)24-14-16-25(17-15-24)37-20-23-7-4-3-5-8-23/h3-5,7-8,10-17,19H,2,6,9,18,20H2,1H3,(H,31,34)(H,32,35)/b26-19+. The molecule has 0 saturated carbocycles. The van der Waals surface area contributed by atoms with Crippen LogP contribution in [0.3, 0.4) is 0 Å². The highest BCUT2D eigenvalue weighted by molar-refractivity contribution is 8.26. The molecule has 39 heavy (non-hydrogen) atoms. The number of benzene rings is 3. The normalized spacial score (nSPS) is 14.0. The SMILES string of the molecule is CCc1ccc(/C=C2/SC(=S)N(CCCC(=O)NNC(=O)c3ccc(OCc4ccccc4)cc3)C2=O)cc1. The average molecular weight is 560 g/mol. The number of hydrogen-bond acceptors (Lipinski definition) is 6. The van der Waals surface area contributed by atoms with Crippen molar-refractivity contribution in [3.63, 3.8) is 0 Å². The zero-order valence-electron chi connectivity index (χ0n) is 21.5. The summed E-state index contributed by atoms with van der Waals surface area (Å²) < 4.78 is 6.20. The molecule has 3 aromatic rings. The Labute approximate surface area is 237 Å². The van der Waals surface area contributed by atoms with E-state index in [1.165, 1.54) is 22.2 Å². The van der Waals surface area contributed by atoms with Gasteiger partial charge < -0.3 is 4.74 Å². The van der Waals surface area contributed by atoms with Crippen LogP contribution in [0, 0.1) is 0 Å². The monoisotopic (exact) mass is 559 g/mol. The summed E-state index contributed by atoms with van der Waals surface area (Å²) in [5.74, 6) is -0.316. The molecule has 2 N–H and O–H groups in total. The van der Waals surface area contributed by atoms with Crippen LogP contribution in [0.2, 0.25) is 0 Å². The molecule has 1 aliphatic heterocycles. The number of ether oxygens (including phenoxy) is 1. The predicted octanol–water partition coefficient (Wildman–Crippen LogP) is 5.27. The Hall–Kier alpha value is -3.95. The van der Waals surface area contributed by atoms with Gasteiger partial charge >= 0.3 is 0 Å². The van der Waals surface area contributed by atoms with E-state index in [9.17, 15) is 14.4 Å². The van der Waals surface area contributed by atoms with Gasteiger partial charge in [0.2, 0.25) is 5.91 Å². The number of nitrogens with zero attached hydrogens (tertiary/aromatic N) is 1. The Morgan fingerprint density at radius 1 is 0.949 bits per heavy atom. The number of aryl methyl sites for hydroxylation is 1. The molecule has 1 fully saturated rings. The Bertz CT molecular complexity index is 1360. The summed E-state index contributed by atoms with van der Waals surface area (Å²) in [6.45, 7) is 2.85. The number of rotatable bonds is 10. The molecule has 1 saturated heterocycles. The smallest absolute Gasteiger partial charge is 0.269 e. The van der Waals surface area contributed by atoms with Crippen LogP contribution in [-0.4, -0.2) is 33.5 Å². The Morgan fingerprint density at radius 3 is 2.36 bits per heavy atom. The number of carbonyl (C=O) groups excluding carboxylic acids is 3. The molecule has 0 radical (unpaired) electrons. The Morgan fingerprint density at radius 2 is 1.67 bits per heavy atom. The third kappa shape index (κ3) is 8.02. The maximum absolute atomic E-state index is 12.8. The number of hydrogen-bond donors (Lipinski definition) is 2. The molecule has 9 heteroatoms. The Kier molecular flexibility index (Phi) is 9.88.